The van der Waals surface area contributed by atoms with Gasteiger partial charge in [0.2, 0.25) is 5.95 Å². The SMILES string of the molecule is COC(=O)CC(C)Sc1nnc(N)n1C(C)C. The first kappa shape index (κ1) is 13.8. The largest absolute Gasteiger partial charge is 0.469 e. The fourth-order valence-corrected chi connectivity index (χ4v) is 2.48. The van der Waals surface area contributed by atoms with E-state index in [4.69, 9.17) is 5.73 Å². The topological polar surface area (TPSA) is 83.0 Å². The number of nitrogen functional groups attached to an aromatic ring is 1. The molecule has 7 heteroatoms. The van der Waals surface area contributed by atoms with E-state index in [0.29, 0.717) is 12.4 Å². The fraction of sp³-hybridized carbons (Fsp3) is 0.700. The molecule has 0 fully saturated rings. The lowest BCUT2D eigenvalue weighted by molar-refractivity contribution is -0.140. The predicted molar refractivity (Wildman–Crippen MR) is 66.8 cm³/mol. The van der Waals surface area contributed by atoms with Gasteiger partial charge in [0.25, 0.3) is 0 Å². The number of nitrogens with two attached hydrogens (primary N) is 1. The Hall–Kier alpha value is -1.24. The van der Waals surface area contributed by atoms with Crippen LogP contribution in [0.1, 0.15) is 33.2 Å². The van der Waals surface area contributed by atoms with Gasteiger partial charge >= 0.3 is 5.97 Å². The van der Waals surface area contributed by atoms with E-state index in [-0.39, 0.29) is 17.3 Å². The van der Waals surface area contributed by atoms with Crippen LogP contribution in [0.5, 0.6) is 0 Å². The molecule has 1 atom stereocenters. The van der Waals surface area contributed by atoms with Crippen LogP contribution < -0.4 is 5.73 Å². The lowest BCUT2D eigenvalue weighted by Gasteiger charge is -2.13. The molecule has 1 aromatic rings. The van der Waals surface area contributed by atoms with Crippen LogP contribution in [-0.4, -0.2) is 33.1 Å². The van der Waals surface area contributed by atoms with Crippen LogP contribution >= 0.6 is 11.8 Å². The number of carbonyl (C=O) groups excluding carboxylic acids is 1. The molecule has 6 nitrogen and oxygen atoms in total. The van der Waals surface area contributed by atoms with E-state index < -0.39 is 0 Å². The summed E-state index contributed by atoms with van der Waals surface area (Å²) in [5.74, 6) is 0.168. The normalized spacial score (nSPS) is 12.8. The van der Waals surface area contributed by atoms with Crippen molar-refractivity contribution in [1.82, 2.24) is 14.8 Å². The van der Waals surface area contributed by atoms with Crippen LogP contribution in [0, 0.1) is 0 Å². The molecule has 0 saturated heterocycles. The average molecular weight is 258 g/mol. The van der Waals surface area contributed by atoms with Gasteiger partial charge in [-0.2, -0.15) is 0 Å². The second-order valence-corrected chi connectivity index (χ2v) is 5.42. The number of aromatic nitrogens is 3. The Morgan fingerprint density at radius 1 is 1.47 bits per heavy atom. The molecule has 0 bridgehead atoms. The smallest absolute Gasteiger partial charge is 0.306 e. The number of nitrogens with zero attached hydrogens (tertiary/aromatic N) is 3. The van der Waals surface area contributed by atoms with Gasteiger partial charge in [-0.05, 0) is 13.8 Å². The van der Waals surface area contributed by atoms with Gasteiger partial charge in [-0.3, -0.25) is 9.36 Å². The highest BCUT2D eigenvalue weighted by Crippen LogP contribution is 2.27. The monoisotopic (exact) mass is 258 g/mol. The van der Waals surface area contributed by atoms with Crippen molar-refractivity contribution in [1.29, 1.82) is 0 Å². The lowest BCUT2D eigenvalue weighted by atomic mass is 10.3. The second-order valence-electron chi connectivity index (χ2n) is 4.01. The Morgan fingerprint density at radius 3 is 2.65 bits per heavy atom. The molecule has 1 aromatic heterocycles. The van der Waals surface area contributed by atoms with Gasteiger partial charge in [0, 0.05) is 11.3 Å². The third kappa shape index (κ3) is 3.62. The minimum atomic E-state index is -0.228. The molecule has 0 saturated carbocycles. The molecule has 0 amide bonds. The summed E-state index contributed by atoms with van der Waals surface area (Å²) in [5.41, 5.74) is 5.73. The Balaban J connectivity index is 2.71. The van der Waals surface area contributed by atoms with E-state index in [1.165, 1.54) is 18.9 Å². The highest BCUT2D eigenvalue weighted by atomic mass is 32.2. The Morgan fingerprint density at radius 2 is 2.12 bits per heavy atom. The van der Waals surface area contributed by atoms with E-state index in [1.54, 1.807) is 0 Å². The maximum Gasteiger partial charge on any atom is 0.306 e. The number of esters is 1. The third-order valence-electron chi connectivity index (χ3n) is 2.20. The number of rotatable bonds is 5. The van der Waals surface area contributed by atoms with Crippen LogP contribution in [0.15, 0.2) is 5.16 Å². The Kier molecular flexibility index (Phi) is 4.80. The highest BCUT2D eigenvalue weighted by molar-refractivity contribution is 7.99. The van der Waals surface area contributed by atoms with E-state index in [9.17, 15) is 4.79 Å². The molecule has 2 N–H and O–H groups in total. The third-order valence-corrected chi connectivity index (χ3v) is 3.25. The molecular weight excluding hydrogens is 240 g/mol. The number of carbonyl (C=O) groups is 1. The first-order valence-electron chi connectivity index (χ1n) is 5.39. The molecule has 0 aliphatic rings. The lowest BCUT2D eigenvalue weighted by Crippen LogP contribution is -2.11. The molecule has 0 spiro atoms. The van der Waals surface area contributed by atoms with Gasteiger partial charge in [0.05, 0.1) is 13.5 Å². The Bertz CT molecular complexity index is 392. The first-order valence-corrected chi connectivity index (χ1v) is 6.27. The predicted octanol–water partition coefficient (Wildman–Crippen LogP) is 1.48. The van der Waals surface area contributed by atoms with E-state index >= 15 is 0 Å². The van der Waals surface area contributed by atoms with E-state index in [2.05, 4.69) is 14.9 Å². The number of anilines is 1. The maximum atomic E-state index is 11.1. The van der Waals surface area contributed by atoms with E-state index in [1.807, 2.05) is 25.3 Å². The maximum absolute atomic E-state index is 11.1. The average Bonchev–Trinajstić information content (AvgIpc) is 2.59. The number of methoxy groups -OCH3 is 1. The molecule has 0 radical (unpaired) electrons. The van der Waals surface area contributed by atoms with Crippen molar-refractivity contribution < 1.29 is 9.53 Å². The molecule has 0 aromatic carbocycles. The van der Waals surface area contributed by atoms with Gasteiger partial charge < -0.3 is 10.5 Å². The van der Waals surface area contributed by atoms with Crippen molar-refractivity contribution in [3.05, 3.63) is 0 Å². The fourth-order valence-electron chi connectivity index (χ4n) is 1.39. The summed E-state index contributed by atoms with van der Waals surface area (Å²) in [7, 11) is 1.38. The van der Waals surface area contributed by atoms with Crippen LogP contribution in [0.4, 0.5) is 5.95 Å². The summed E-state index contributed by atoms with van der Waals surface area (Å²) in [6, 6.07) is 0.192. The summed E-state index contributed by atoms with van der Waals surface area (Å²) in [4.78, 5) is 11.1. The number of ether oxygens (including phenoxy) is 1. The number of hydrogen-bond acceptors (Lipinski definition) is 6. The molecule has 96 valence electrons. The van der Waals surface area contributed by atoms with Gasteiger partial charge in [-0.15, -0.1) is 10.2 Å². The molecule has 0 aliphatic carbocycles. The minimum absolute atomic E-state index is 0.0727. The highest BCUT2D eigenvalue weighted by Gasteiger charge is 2.17. The van der Waals surface area contributed by atoms with Gasteiger partial charge in [0.15, 0.2) is 5.16 Å². The van der Waals surface area contributed by atoms with Crippen LogP contribution in [0.25, 0.3) is 0 Å². The summed E-state index contributed by atoms with van der Waals surface area (Å²) in [6.45, 7) is 5.96. The van der Waals surface area contributed by atoms with Crippen molar-refractivity contribution >= 4 is 23.7 Å². The van der Waals surface area contributed by atoms with Crippen LogP contribution in [-0.2, 0) is 9.53 Å². The quantitative estimate of drug-likeness (QED) is 0.636. The summed E-state index contributed by atoms with van der Waals surface area (Å²) in [5, 5.41) is 8.66. The van der Waals surface area contributed by atoms with Gasteiger partial charge in [-0.25, -0.2) is 0 Å². The van der Waals surface area contributed by atoms with Crippen molar-refractivity contribution in [3.63, 3.8) is 0 Å². The summed E-state index contributed by atoms with van der Waals surface area (Å²) in [6.07, 6.45) is 0.339. The van der Waals surface area contributed by atoms with Gasteiger partial charge in [0.1, 0.15) is 0 Å². The van der Waals surface area contributed by atoms with Crippen molar-refractivity contribution in [2.75, 3.05) is 12.8 Å². The zero-order valence-corrected chi connectivity index (χ0v) is 11.3. The summed E-state index contributed by atoms with van der Waals surface area (Å²) >= 11 is 1.47. The summed E-state index contributed by atoms with van der Waals surface area (Å²) < 4.78 is 6.47. The second kappa shape index (κ2) is 5.90. The van der Waals surface area contributed by atoms with Gasteiger partial charge in [-0.1, -0.05) is 18.7 Å². The van der Waals surface area contributed by atoms with Crippen LogP contribution in [0.2, 0.25) is 0 Å². The zero-order valence-electron chi connectivity index (χ0n) is 10.5. The zero-order chi connectivity index (χ0) is 13.0. The molecule has 17 heavy (non-hydrogen) atoms. The minimum Gasteiger partial charge on any atom is -0.469 e. The molecule has 1 rings (SSSR count). The molecule has 1 unspecified atom stereocenters. The van der Waals surface area contributed by atoms with Crippen molar-refractivity contribution in [2.24, 2.45) is 0 Å². The number of hydrogen-bond donors (Lipinski definition) is 1. The standard InChI is InChI=1S/C10H18N4O2S/c1-6(2)14-9(11)12-13-10(14)17-7(3)5-8(15)16-4/h6-7H,5H2,1-4H3,(H2,11,12). The first-order chi connectivity index (χ1) is 7.95. The Labute approximate surface area is 105 Å². The molecule has 1 heterocycles. The number of thioether (sulfide) groups is 1. The van der Waals surface area contributed by atoms with Crippen LogP contribution in [0.3, 0.4) is 0 Å². The van der Waals surface area contributed by atoms with Crippen molar-refractivity contribution in [2.45, 2.75) is 43.6 Å². The van der Waals surface area contributed by atoms with Crippen molar-refractivity contribution in [3.8, 4) is 0 Å². The van der Waals surface area contributed by atoms with E-state index in [0.717, 1.165) is 5.16 Å². The molecular formula is C10H18N4O2S. The molecule has 0 aliphatic heterocycles.